The van der Waals surface area contributed by atoms with Crippen LogP contribution in [0.2, 0.25) is 0 Å². The average Bonchev–Trinajstić information content (AvgIpc) is 2.35. The van der Waals surface area contributed by atoms with Gasteiger partial charge in [-0.25, -0.2) is 17.2 Å². The molecule has 0 atom stereocenters. The van der Waals surface area contributed by atoms with Crippen LogP contribution in [0.1, 0.15) is 5.56 Å². The van der Waals surface area contributed by atoms with E-state index in [1.807, 2.05) is 4.72 Å². The second-order valence-electron chi connectivity index (χ2n) is 4.02. The van der Waals surface area contributed by atoms with Crippen LogP contribution >= 0.6 is 0 Å². The van der Waals surface area contributed by atoms with Gasteiger partial charge in [0.25, 0.3) is 10.0 Å². The van der Waals surface area contributed by atoms with E-state index in [9.17, 15) is 17.2 Å². The molecule has 6 heteroatoms. The van der Waals surface area contributed by atoms with Gasteiger partial charge in [-0.1, -0.05) is 23.8 Å². The number of anilines is 1. The lowest BCUT2D eigenvalue weighted by Gasteiger charge is -2.09. The van der Waals surface area contributed by atoms with E-state index in [4.69, 9.17) is 0 Å². The Morgan fingerprint density at radius 2 is 1.47 bits per heavy atom. The molecule has 0 radical (unpaired) electrons. The van der Waals surface area contributed by atoms with Crippen LogP contribution in [0.5, 0.6) is 0 Å². The summed E-state index contributed by atoms with van der Waals surface area (Å²) in [5.74, 6) is -1.92. The quantitative estimate of drug-likeness (QED) is 0.941. The topological polar surface area (TPSA) is 46.2 Å². The number of aryl methyl sites for hydroxylation is 1. The predicted octanol–water partition coefficient (Wildman–Crippen LogP) is 3.07. The Labute approximate surface area is 109 Å². The highest BCUT2D eigenvalue weighted by atomic mass is 32.2. The average molecular weight is 283 g/mol. The van der Waals surface area contributed by atoms with Crippen molar-refractivity contribution in [3.8, 4) is 0 Å². The van der Waals surface area contributed by atoms with Crippen LogP contribution in [-0.4, -0.2) is 8.42 Å². The minimum atomic E-state index is -4.01. The van der Waals surface area contributed by atoms with Gasteiger partial charge in [0.1, 0.15) is 17.3 Å². The molecule has 19 heavy (non-hydrogen) atoms. The summed E-state index contributed by atoms with van der Waals surface area (Å²) in [5.41, 5.74) is 0.207. The maximum Gasteiger partial charge on any atom is 0.262 e. The minimum absolute atomic E-state index is 0.0549. The molecule has 2 aromatic carbocycles. The van der Waals surface area contributed by atoms with Gasteiger partial charge in [-0.2, -0.15) is 0 Å². The second-order valence-corrected chi connectivity index (χ2v) is 5.70. The number of hydrogen-bond acceptors (Lipinski definition) is 2. The molecule has 0 aromatic heterocycles. The van der Waals surface area contributed by atoms with Gasteiger partial charge < -0.3 is 0 Å². The summed E-state index contributed by atoms with van der Waals surface area (Å²) in [4.78, 5) is -0.0549. The molecule has 0 aliphatic heterocycles. The Morgan fingerprint density at radius 3 is 2.00 bits per heavy atom. The molecule has 0 fully saturated rings. The molecule has 0 unspecified atom stereocenters. The van der Waals surface area contributed by atoms with Gasteiger partial charge in [-0.3, -0.25) is 4.72 Å². The van der Waals surface area contributed by atoms with Gasteiger partial charge in [0, 0.05) is 0 Å². The van der Waals surface area contributed by atoms with Gasteiger partial charge in [0.2, 0.25) is 0 Å². The summed E-state index contributed by atoms with van der Waals surface area (Å²) in [5, 5.41) is 0. The first-order valence-electron chi connectivity index (χ1n) is 5.43. The third-order valence-electron chi connectivity index (χ3n) is 2.53. The molecule has 0 bridgehead atoms. The van der Waals surface area contributed by atoms with Crippen molar-refractivity contribution in [2.24, 2.45) is 0 Å². The maximum absolute atomic E-state index is 13.4. The third kappa shape index (κ3) is 2.90. The first kappa shape index (κ1) is 13.5. The minimum Gasteiger partial charge on any atom is -0.274 e. The van der Waals surface area contributed by atoms with Crippen LogP contribution in [0.4, 0.5) is 14.5 Å². The van der Waals surface area contributed by atoms with Crippen molar-refractivity contribution in [3.63, 3.8) is 0 Å². The van der Waals surface area contributed by atoms with Crippen molar-refractivity contribution in [2.75, 3.05) is 4.72 Å². The van der Waals surface area contributed by atoms with Gasteiger partial charge in [-0.15, -0.1) is 0 Å². The summed E-state index contributed by atoms with van der Waals surface area (Å²) in [7, 11) is -4.01. The number of hydrogen-bond donors (Lipinski definition) is 1. The zero-order valence-electron chi connectivity index (χ0n) is 10.0. The Balaban J connectivity index is 2.39. The molecule has 0 saturated carbocycles. The van der Waals surface area contributed by atoms with Crippen LogP contribution < -0.4 is 4.72 Å². The standard InChI is InChI=1S/C13H11F2NO2S/c1-9-5-7-10(8-6-9)19(17,18)16-13-11(14)3-2-4-12(13)15/h2-8,16H,1H3. The van der Waals surface area contributed by atoms with Crippen molar-refractivity contribution in [1.82, 2.24) is 0 Å². The van der Waals surface area contributed by atoms with Gasteiger partial charge in [0.05, 0.1) is 4.90 Å². The molecule has 0 aliphatic rings. The van der Waals surface area contributed by atoms with Crippen LogP contribution in [0.3, 0.4) is 0 Å². The van der Waals surface area contributed by atoms with Crippen molar-refractivity contribution in [3.05, 3.63) is 59.7 Å². The Morgan fingerprint density at radius 1 is 0.947 bits per heavy atom. The lowest BCUT2D eigenvalue weighted by molar-refractivity contribution is 0.583. The molecular weight excluding hydrogens is 272 g/mol. The molecule has 2 rings (SSSR count). The molecule has 2 aromatic rings. The smallest absolute Gasteiger partial charge is 0.262 e. The molecular formula is C13H11F2NO2S. The number of sulfonamides is 1. The highest BCUT2D eigenvalue weighted by Crippen LogP contribution is 2.22. The molecule has 1 N–H and O–H groups in total. The molecule has 0 spiro atoms. The molecule has 0 heterocycles. The molecule has 0 aliphatic carbocycles. The van der Waals surface area contributed by atoms with E-state index < -0.39 is 27.3 Å². The van der Waals surface area contributed by atoms with Crippen molar-refractivity contribution in [1.29, 1.82) is 0 Å². The Kier molecular flexibility index (Phi) is 3.53. The largest absolute Gasteiger partial charge is 0.274 e. The van der Waals surface area contributed by atoms with Crippen molar-refractivity contribution < 1.29 is 17.2 Å². The number of benzene rings is 2. The Hall–Kier alpha value is -1.95. The van der Waals surface area contributed by atoms with E-state index in [0.717, 1.165) is 23.8 Å². The lowest BCUT2D eigenvalue weighted by Crippen LogP contribution is -2.15. The SMILES string of the molecule is Cc1ccc(S(=O)(=O)Nc2c(F)cccc2F)cc1. The third-order valence-corrected chi connectivity index (χ3v) is 3.90. The fourth-order valence-electron chi connectivity index (χ4n) is 1.51. The fourth-order valence-corrected chi connectivity index (χ4v) is 2.58. The normalized spacial score (nSPS) is 11.3. The number of halogens is 2. The van der Waals surface area contributed by atoms with Gasteiger partial charge >= 0.3 is 0 Å². The second kappa shape index (κ2) is 4.97. The number of nitrogens with one attached hydrogen (secondary N) is 1. The first-order valence-corrected chi connectivity index (χ1v) is 6.92. The lowest BCUT2D eigenvalue weighted by atomic mass is 10.2. The molecule has 0 amide bonds. The van der Waals surface area contributed by atoms with Gasteiger partial charge in [0.15, 0.2) is 0 Å². The summed E-state index contributed by atoms with van der Waals surface area (Å²) in [6.07, 6.45) is 0. The number of para-hydroxylation sites is 1. The monoisotopic (exact) mass is 283 g/mol. The first-order chi connectivity index (χ1) is 8.90. The highest BCUT2D eigenvalue weighted by molar-refractivity contribution is 7.92. The predicted molar refractivity (Wildman–Crippen MR) is 68.3 cm³/mol. The zero-order chi connectivity index (χ0) is 14.0. The van der Waals surface area contributed by atoms with Crippen molar-refractivity contribution >= 4 is 15.7 Å². The highest BCUT2D eigenvalue weighted by Gasteiger charge is 2.18. The van der Waals surface area contributed by atoms with E-state index in [2.05, 4.69) is 0 Å². The van der Waals surface area contributed by atoms with E-state index >= 15 is 0 Å². The molecule has 0 saturated heterocycles. The van der Waals surface area contributed by atoms with Crippen LogP contribution in [0.15, 0.2) is 47.4 Å². The summed E-state index contributed by atoms with van der Waals surface area (Å²) < 4.78 is 52.6. The fraction of sp³-hybridized carbons (Fsp3) is 0.0769. The summed E-state index contributed by atoms with van der Waals surface area (Å²) >= 11 is 0. The van der Waals surface area contributed by atoms with E-state index in [1.54, 1.807) is 19.1 Å². The zero-order valence-corrected chi connectivity index (χ0v) is 10.8. The summed E-state index contributed by atoms with van der Waals surface area (Å²) in [6.45, 7) is 1.81. The maximum atomic E-state index is 13.4. The summed E-state index contributed by atoms with van der Waals surface area (Å²) in [6, 6.07) is 9.08. The van der Waals surface area contributed by atoms with E-state index in [1.165, 1.54) is 12.1 Å². The number of rotatable bonds is 3. The van der Waals surface area contributed by atoms with E-state index in [-0.39, 0.29) is 4.90 Å². The van der Waals surface area contributed by atoms with Crippen LogP contribution in [-0.2, 0) is 10.0 Å². The van der Waals surface area contributed by atoms with E-state index in [0.29, 0.717) is 0 Å². The molecule has 3 nitrogen and oxygen atoms in total. The Bertz CT molecular complexity index is 677. The molecule has 100 valence electrons. The van der Waals surface area contributed by atoms with Crippen molar-refractivity contribution in [2.45, 2.75) is 11.8 Å². The van der Waals surface area contributed by atoms with Crippen LogP contribution in [0, 0.1) is 18.6 Å². The van der Waals surface area contributed by atoms with Gasteiger partial charge in [-0.05, 0) is 31.2 Å². The van der Waals surface area contributed by atoms with Crippen LogP contribution in [0.25, 0.3) is 0 Å².